The lowest BCUT2D eigenvalue weighted by molar-refractivity contribution is 0.305. The van der Waals surface area contributed by atoms with Gasteiger partial charge in [0.2, 0.25) is 0 Å². The second kappa shape index (κ2) is 7.32. The molecule has 0 amide bonds. The van der Waals surface area contributed by atoms with Gasteiger partial charge in [-0.3, -0.25) is 0 Å². The van der Waals surface area contributed by atoms with Gasteiger partial charge in [0.15, 0.2) is 0 Å². The molecule has 20 heavy (non-hydrogen) atoms. The molecule has 1 N–H and O–H groups in total. The Kier molecular flexibility index (Phi) is 5.45. The van der Waals surface area contributed by atoms with Gasteiger partial charge >= 0.3 is 0 Å². The summed E-state index contributed by atoms with van der Waals surface area (Å²) in [6.07, 6.45) is 0. The van der Waals surface area contributed by atoms with Crippen LogP contribution in [0.5, 0.6) is 5.75 Å². The minimum atomic E-state index is 0.328. The van der Waals surface area contributed by atoms with E-state index in [-0.39, 0.29) is 0 Å². The monoisotopic (exact) mass is 289 g/mol. The van der Waals surface area contributed by atoms with Gasteiger partial charge in [-0.15, -0.1) is 0 Å². The maximum Gasteiger partial charge on any atom is 0.120 e. The lowest BCUT2D eigenvalue weighted by Crippen LogP contribution is -2.17. The van der Waals surface area contributed by atoms with Crippen LogP contribution in [0.4, 0.5) is 0 Å². The zero-order valence-corrected chi connectivity index (χ0v) is 12.7. The van der Waals surface area contributed by atoms with Gasteiger partial charge in [-0.2, -0.15) is 0 Å². The molecule has 0 aliphatic carbocycles. The number of ether oxygens (including phenoxy) is 1. The smallest absolute Gasteiger partial charge is 0.120 e. The van der Waals surface area contributed by atoms with Gasteiger partial charge < -0.3 is 10.1 Å². The highest BCUT2D eigenvalue weighted by molar-refractivity contribution is 6.30. The number of benzene rings is 2. The molecule has 2 aromatic carbocycles. The Morgan fingerprint density at radius 1 is 1.15 bits per heavy atom. The zero-order valence-electron chi connectivity index (χ0n) is 11.9. The number of hydrogen-bond acceptors (Lipinski definition) is 2. The van der Waals surface area contributed by atoms with E-state index in [0.29, 0.717) is 12.6 Å². The first-order valence-corrected chi connectivity index (χ1v) is 7.27. The van der Waals surface area contributed by atoms with Crippen LogP contribution in [-0.4, -0.2) is 6.54 Å². The van der Waals surface area contributed by atoms with Crippen molar-refractivity contribution in [2.45, 2.75) is 26.5 Å². The molecule has 0 radical (unpaired) electrons. The van der Waals surface area contributed by atoms with E-state index in [9.17, 15) is 0 Å². The Balaban J connectivity index is 2.01. The molecule has 0 bridgehead atoms. The molecule has 2 aromatic rings. The summed E-state index contributed by atoms with van der Waals surface area (Å²) in [4.78, 5) is 0. The van der Waals surface area contributed by atoms with E-state index in [1.54, 1.807) is 0 Å². The quantitative estimate of drug-likeness (QED) is 0.840. The van der Waals surface area contributed by atoms with Crippen LogP contribution in [0, 0.1) is 0 Å². The van der Waals surface area contributed by atoms with Gasteiger partial charge in [0.25, 0.3) is 0 Å². The first kappa shape index (κ1) is 14.9. The van der Waals surface area contributed by atoms with Crippen molar-refractivity contribution >= 4 is 11.6 Å². The molecule has 3 heteroatoms. The van der Waals surface area contributed by atoms with E-state index in [0.717, 1.165) is 22.9 Å². The lowest BCUT2D eigenvalue weighted by atomic mass is 10.1. The molecular weight excluding hydrogens is 270 g/mol. The van der Waals surface area contributed by atoms with Crippen LogP contribution in [0.3, 0.4) is 0 Å². The molecule has 0 heterocycles. The van der Waals surface area contributed by atoms with Crippen molar-refractivity contribution in [1.82, 2.24) is 5.32 Å². The van der Waals surface area contributed by atoms with Crippen molar-refractivity contribution < 1.29 is 4.74 Å². The van der Waals surface area contributed by atoms with Crippen molar-refractivity contribution in [3.05, 3.63) is 64.7 Å². The molecule has 0 aliphatic heterocycles. The fourth-order valence-corrected chi connectivity index (χ4v) is 2.30. The summed E-state index contributed by atoms with van der Waals surface area (Å²) in [5, 5.41) is 4.13. The average molecular weight is 290 g/mol. The third-order valence-corrected chi connectivity index (χ3v) is 3.40. The van der Waals surface area contributed by atoms with E-state index < -0.39 is 0 Å². The van der Waals surface area contributed by atoms with Gasteiger partial charge in [0.1, 0.15) is 12.4 Å². The maximum absolute atomic E-state index is 5.96. The van der Waals surface area contributed by atoms with Crippen LogP contribution in [0.1, 0.15) is 31.0 Å². The van der Waals surface area contributed by atoms with Crippen molar-refractivity contribution in [3.63, 3.8) is 0 Å². The first-order chi connectivity index (χ1) is 9.69. The van der Waals surface area contributed by atoms with Gasteiger partial charge in [0, 0.05) is 11.1 Å². The molecular formula is C17H20ClNO. The van der Waals surface area contributed by atoms with Crippen LogP contribution in [-0.2, 0) is 6.61 Å². The van der Waals surface area contributed by atoms with Gasteiger partial charge in [0.05, 0.1) is 0 Å². The topological polar surface area (TPSA) is 21.3 Å². The van der Waals surface area contributed by atoms with Gasteiger partial charge in [-0.25, -0.2) is 0 Å². The van der Waals surface area contributed by atoms with Crippen molar-refractivity contribution in [3.8, 4) is 5.75 Å². The molecule has 1 atom stereocenters. The molecule has 0 aliphatic rings. The van der Waals surface area contributed by atoms with Gasteiger partial charge in [-0.05, 0) is 48.9 Å². The number of nitrogens with one attached hydrogen (secondary N) is 1. The Bertz CT molecular complexity index is 556. The number of hydrogen-bond donors (Lipinski definition) is 1. The second-order valence-corrected chi connectivity index (χ2v) is 5.21. The minimum absolute atomic E-state index is 0.328. The number of rotatable bonds is 6. The molecule has 0 saturated carbocycles. The van der Waals surface area contributed by atoms with E-state index in [1.165, 1.54) is 5.56 Å². The Labute approximate surface area is 125 Å². The molecule has 1 unspecified atom stereocenters. The number of halogens is 1. The van der Waals surface area contributed by atoms with E-state index in [2.05, 4.69) is 31.3 Å². The first-order valence-electron chi connectivity index (χ1n) is 6.89. The van der Waals surface area contributed by atoms with E-state index in [1.807, 2.05) is 36.4 Å². The minimum Gasteiger partial charge on any atom is -0.489 e. The molecule has 2 rings (SSSR count). The average Bonchev–Trinajstić information content (AvgIpc) is 2.46. The third kappa shape index (κ3) is 4.26. The molecule has 106 valence electrons. The zero-order chi connectivity index (χ0) is 14.4. The largest absolute Gasteiger partial charge is 0.489 e. The predicted octanol–water partition coefficient (Wildman–Crippen LogP) is 4.59. The highest BCUT2D eigenvalue weighted by atomic mass is 35.5. The third-order valence-electron chi connectivity index (χ3n) is 3.16. The highest BCUT2D eigenvalue weighted by Crippen LogP contribution is 2.20. The van der Waals surface area contributed by atoms with Crippen LogP contribution in [0.2, 0.25) is 5.02 Å². The normalized spacial score (nSPS) is 12.2. The van der Waals surface area contributed by atoms with Crippen LogP contribution < -0.4 is 10.1 Å². The van der Waals surface area contributed by atoms with Crippen molar-refractivity contribution in [1.29, 1.82) is 0 Å². The predicted molar refractivity (Wildman–Crippen MR) is 84.3 cm³/mol. The van der Waals surface area contributed by atoms with Crippen LogP contribution in [0.25, 0.3) is 0 Å². The Morgan fingerprint density at radius 2 is 1.95 bits per heavy atom. The molecule has 0 spiro atoms. The summed E-state index contributed by atoms with van der Waals surface area (Å²) in [7, 11) is 0. The highest BCUT2D eigenvalue weighted by Gasteiger charge is 2.05. The fraction of sp³-hybridized carbons (Fsp3) is 0.294. The maximum atomic E-state index is 5.96. The lowest BCUT2D eigenvalue weighted by Gasteiger charge is -2.14. The van der Waals surface area contributed by atoms with Crippen molar-refractivity contribution in [2.75, 3.05) is 6.54 Å². The SMILES string of the molecule is CCNC(C)c1cccc(OCc2cccc(Cl)c2)c1. The summed E-state index contributed by atoms with van der Waals surface area (Å²) in [6, 6.07) is 16.3. The summed E-state index contributed by atoms with van der Waals surface area (Å²) < 4.78 is 5.83. The Hall–Kier alpha value is -1.51. The standard InChI is InChI=1S/C17H20ClNO/c1-3-19-13(2)15-7-5-9-17(11-15)20-12-14-6-4-8-16(18)10-14/h4-11,13,19H,3,12H2,1-2H3. The summed E-state index contributed by atoms with van der Waals surface area (Å²) in [5.74, 6) is 0.882. The van der Waals surface area contributed by atoms with E-state index >= 15 is 0 Å². The summed E-state index contributed by atoms with van der Waals surface area (Å²) in [5.41, 5.74) is 2.30. The molecule has 2 nitrogen and oxygen atoms in total. The van der Waals surface area contributed by atoms with Gasteiger partial charge in [-0.1, -0.05) is 42.8 Å². The summed E-state index contributed by atoms with van der Waals surface area (Å²) in [6.45, 7) is 5.74. The fourth-order valence-electron chi connectivity index (χ4n) is 2.09. The van der Waals surface area contributed by atoms with E-state index in [4.69, 9.17) is 16.3 Å². The molecule has 0 saturated heterocycles. The van der Waals surface area contributed by atoms with Crippen molar-refractivity contribution in [2.24, 2.45) is 0 Å². The summed E-state index contributed by atoms with van der Waals surface area (Å²) >= 11 is 5.96. The Morgan fingerprint density at radius 3 is 2.70 bits per heavy atom. The molecule has 0 aromatic heterocycles. The second-order valence-electron chi connectivity index (χ2n) is 4.77. The molecule has 0 fully saturated rings. The van der Waals surface area contributed by atoms with Crippen LogP contribution in [0.15, 0.2) is 48.5 Å². The van der Waals surface area contributed by atoms with Crippen LogP contribution >= 0.6 is 11.6 Å².